The molecule has 0 saturated heterocycles. The number of hydrogen-bond acceptors (Lipinski definition) is 7. The monoisotopic (exact) mass is 389 g/mol. The Hall–Kier alpha value is -3.62. The van der Waals surface area contributed by atoms with Crippen molar-refractivity contribution in [1.29, 1.82) is 0 Å². The van der Waals surface area contributed by atoms with Crippen molar-refractivity contribution in [2.45, 2.75) is 6.42 Å². The van der Waals surface area contributed by atoms with Crippen LogP contribution < -0.4 is 14.2 Å². The number of halogens is 1. The third-order valence-corrected chi connectivity index (χ3v) is 3.73. The van der Waals surface area contributed by atoms with E-state index in [2.05, 4.69) is 0 Å². The Bertz CT molecular complexity index is 896. The van der Waals surface area contributed by atoms with Crippen LogP contribution in [0.5, 0.6) is 17.2 Å². The van der Waals surface area contributed by atoms with E-state index >= 15 is 0 Å². The maximum Gasteiger partial charge on any atom is 0.330 e. The SMILES string of the molecule is O=C(/C=C/c1cc2c(cc1[N+](=O)[O-])OCO2)OCCCOc1ccc(F)cc1. The summed E-state index contributed by atoms with van der Waals surface area (Å²) < 4.78 is 33.5. The van der Waals surface area contributed by atoms with Crippen molar-refractivity contribution in [3.63, 3.8) is 0 Å². The number of carbonyl (C=O) groups excluding carboxylic acids is 1. The van der Waals surface area contributed by atoms with Crippen molar-refractivity contribution < 1.29 is 33.1 Å². The van der Waals surface area contributed by atoms with Crippen LogP contribution in [0.2, 0.25) is 0 Å². The van der Waals surface area contributed by atoms with Crippen LogP contribution in [0.1, 0.15) is 12.0 Å². The van der Waals surface area contributed by atoms with Crippen LogP contribution >= 0.6 is 0 Å². The van der Waals surface area contributed by atoms with Crippen molar-refractivity contribution >= 4 is 17.7 Å². The normalized spacial score (nSPS) is 12.2. The molecular formula is C19H16FNO7. The zero-order chi connectivity index (χ0) is 19.9. The maximum atomic E-state index is 12.8. The standard InChI is InChI=1S/C19H16FNO7/c20-14-3-5-15(6-4-14)25-8-1-9-26-19(22)7-2-13-10-17-18(28-12-27-17)11-16(13)21(23)24/h2-7,10-11H,1,8-9,12H2/b7-2+. The third kappa shape index (κ3) is 4.97. The van der Waals surface area contributed by atoms with Crippen LogP contribution in [0, 0.1) is 15.9 Å². The lowest BCUT2D eigenvalue weighted by molar-refractivity contribution is -0.385. The van der Waals surface area contributed by atoms with Gasteiger partial charge in [0.05, 0.1) is 29.8 Å². The number of benzene rings is 2. The number of rotatable bonds is 8. The Morgan fingerprint density at radius 3 is 2.61 bits per heavy atom. The number of nitro groups is 1. The van der Waals surface area contributed by atoms with Gasteiger partial charge in [-0.3, -0.25) is 10.1 Å². The first-order valence-electron chi connectivity index (χ1n) is 8.34. The molecule has 0 spiro atoms. The van der Waals surface area contributed by atoms with Gasteiger partial charge in [-0.25, -0.2) is 9.18 Å². The van der Waals surface area contributed by atoms with Crippen LogP contribution in [0.3, 0.4) is 0 Å². The summed E-state index contributed by atoms with van der Waals surface area (Å²) in [6.45, 7) is 0.381. The van der Waals surface area contributed by atoms with E-state index in [0.717, 1.165) is 6.08 Å². The topological polar surface area (TPSA) is 97.1 Å². The summed E-state index contributed by atoms with van der Waals surface area (Å²) in [6.07, 6.45) is 2.82. The molecule has 0 radical (unpaired) electrons. The van der Waals surface area contributed by atoms with Gasteiger partial charge in [0.25, 0.3) is 5.69 Å². The Morgan fingerprint density at radius 2 is 1.89 bits per heavy atom. The number of hydrogen-bond donors (Lipinski definition) is 0. The molecule has 1 aliphatic rings. The van der Waals surface area contributed by atoms with E-state index in [4.69, 9.17) is 18.9 Å². The largest absolute Gasteiger partial charge is 0.493 e. The molecule has 2 aromatic rings. The van der Waals surface area contributed by atoms with E-state index in [1.54, 1.807) is 0 Å². The molecule has 0 atom stereocenters. The summed E-state index contributed by atoms with van der Waals surface area (Å²) in [5.74, 6) is 0.177. The second-order valence-corrected chi connectivity index (χ2v) is 5.68. The lowest BCUT2D eigenvalue weighted by Gasteiger charge is -2.06. The van der Waals surface area contributed by atoms with Crippen molar-refractivity contribution in [3.05, 3.63) is 64.0 Å². The van der Waals surface area contributed by atoms with E-state index in [9.17, 15) is 19.3 Å². The van der Waals surface area contributed by atoms with Crippen LogP contribution in [0.4, 0.5) is 10.1 Å². The summed E-state index contributed by atoms with van der Waals surface area (Å²) in [5, 5.41) is 11.2. The molecule has 0 amide bonds. The van der Waals surface area contributed by atoms with Crippen molar-refractivity contribution in [1.82, 2.24) is 0 Å². The smallest absolute Gasteiger partial charge is 0.330 e. The summed E-state index contributed by atoms with van der Waals surface area (Å²) >= 11 is 0. The van der Waals surface area contributed by atoms with Gasteiger partial charge in [-0.05, 0) is 36.4 Å². The van der Waals surface area contributed by atoms with Gasteiger partial charge in [0.15, 0.2) is 11.5 Å². The highest BCUT2D eigenvalue weighted by molar-refractivity contribution is 5.88. The number of carbonyl (C=O) groups is 1. The predicted octanol–water partition coefficient (Wildman–Crippen LogP) is 3.49. The Labute approximate surface area is 159 Å². The first kappa shape index (κ1) is 19.2. The highest BCUT2D eigenvalue weighted by Crippen LogP contribution is 2.38. The Balaban J connectivity index is 1.47. The lowest BCUT2D eigenvalue weighted by atomic mass is 10.1. The molecule has 0 unspecified atom stereocenters. The van der Waals surface area contributed by atoms with E-state index in [1.807, 2.05) is 0 Å². The summed E-state index contributed by atoms with van der Waals surface area (Å²) in [6, 6.07) is 8.26. The number of nitro benzene ring substituents is 1. The number of fused-ring (bicyclic) bond motifs is 1. The molecule has 0 saturated carbocycles. The summed E-state index contributed by atoms with van der Waals surface area (Å²) in [4.78, 5) is 22.4. The third-order valence-electron chi connectivity index (χ3n) is 3.73. The predicted molar refractivity (Wildman–Crippen MR) is 95.7 cm³/mol. The van der Waals surface area contributed by atoms with Gasteiger partial charge in [0.1, 0.15) is 11.6 Å². The Kier molecular flexibility index (Phi) is 6.05. The minimum absolute atomic E-state index is 0.0122. The van der Waals surface area contributed by atoms with E-state index < -0.39 is 10.9 Å². The molecule has 1 aliphatic heterocycles. The van der Waals surface area contributed by atoms with Crippen LogP contribution in [0.25, 0.3) is 6.08 Å². The zero-order valence-electron chi connectivity index (χ0n) is 14.6. The number of esters is 1. The quantitative estimate of drug-likeness (QED) is 0.224. The first-order chi connectivity index (χ1) is 13.5. The minimum atomic E-state index is -0.645. The molecule has 28 heavy (non-hydrogen) atoms. The van der Waals surface area contributed by atoms with Crippen molar-refractivity contribution in [3.8, 4) is 17.2 Å². The van der Waals surface area contributed by atoms with Gasteiger partial charge in [-0.1, -0.05) is 0 Å². The Morgan fingerprint density at radius 1 is 1.18 bits per heavy atom. The average molecular weight is 389 g/mol. The van der Waals surface area contributed by atoms with Gasteiger partial charge in [0.2, 0.25) is 6.79 Å². The molecule has 3 rings (SSSR count). The fourth-order valence-electron chi connectivity index (χ4n) is 2.40. The van der Waals surface area contributed by atoms with E-state index in [0.29, 0.717) is 17.9 Å². The number of ether oxygens (including phenoxy) is 4. The zero-order valence-corrected chi connectivity index (χ0v) is 14.6. The second kappa shape index (κ2) is 8.85. The summed E-state index contributed by atoms with van der Waals surface area (Å²) in [7, 11) is 0. The molecule has 0 fully saturated rings. The highest BCUT2D eigenvalue weighted by atomic mass is 19.1. The fraction of sp³-hybridized carbons (Fsp3) is 0.211. The van der Waals surface area contributed by atoms with Crippen molar-refractivity contribution in [2.24, 2.45) is 0 Å². The van der Waals surface area contributed by atoms with Gasteiger partial charge in [-0.15, -0.1) is 0 Å². The van der Waals surface area contributed by atoms with E-state index in [-0.39, 0.29) is 42.8 Å². The fourth-order valence-corrected chi connectivity index (χ4v) is 2.40. The van der Waals surface area contributed by atoms with Gasteiger partial charge >= 0.3 is 5.97 Å². The van der Waals surface area contributed by atoms with Crippen LogP contribution in [0.15, 0.2) is 42.5 Å². The molecule has 0 aliphatic carbocycles. The minimum Gasteiger partial charge on any atom is -0.493 e. The molecule has 9 heteroatoms. The van der Waals surface area contributed by atoms with Gasteiger partial charge in [0, 0.05) is 12.5 Å². The molecule has 0 bridgehead atoms. The molecule has 8 nitrogen and oxygen atoms in total. The molecule has 0 aromatic heterocycles. The van der Waals surface area contributed by atoms with E-state index in [1.165, 1.54) is 42.5 Å². The van der Waals surface area contributed by atoms with Crippen LogP contribution in [-0.2, 0) is 9.53 Å². The molecule has 146 valence electrons. The summed E-state index contributed by atoms with van der Waals surface area (Å²) in [5.41, 5.74) is -0.00755. The lowest BCUT2D eigenvalue weighted by Crippen LogP contribution is -2.06. The first-order valence-corrected chi connectivity index (χ1v) is 8.34. The average Bonchev–Trinajstić information content (AvgIpc) is 3.14. The van der Waals surface area contributed by atoms with Crippen molar-refractivity contribution in [2.75, 3.05) is 20.0 Å². The van der Waals surface area contributed by atoms with Crippen LogP contribution in [-0.4, -0.2) is 30.9 Å². The van der Waals surface area contributed by atoms with Gasteiger partial charge in [-0.2, -0.15) is 0 Å². The molecular weight excluding hydrogens is 373 g/mol. The maximum absolute atomic E-state index is 12.8. The molecule has 0 N–H and O–H groups in total. The molecule has 1 heterocycles. The highest BCUT2D eigenvalue weighted by Gasteiger charge is 2.22. The second-order valence-electron chi connectivity index (χ2n) is 5.68. The number of nitrogens with zero attached hydrogens (tertiary/aromatic N) is 1. The molecule has 2 aromatic carbocycles. The van der Waals surface area contributed by atoms with Gasteiger partial charge < -0.3 is 18.9 Å².